The van der Waals surface area contributed by atoms with Crippen molar-refractivity contribution in [1.29, 1.82) is 0 Å². The molecule has 0 aliphatic carbocycles. The van der Waals surface area contributed by atoms with Crippen LogP contribution in [0.3, 0.4) is 0 Å². The Morgan fingerprint density at radius 1 is 1.30 bits per heavy atom. The SMILES string of the molecule is CCc1ccc([C@@H](C)NCCCc2c(C)noc2C)o1. The Balaban J connectivity index is 1.75. The second-order valence-electron chi connectivity index (χ2n) is 5.24. The molecule has 0 spiro atoms. The predicted octanol–water partition coefficient (Wildman–Crippen LogP) is 3.73. The molecule has 0 unspecified atom stereocenters. The normalized spacial score (nSPS) is 12.8. The van der Waals surface area contributed by atoms with Crippen LogP contribution in [0, 0.1) is 13.8 Å². The van der Waals surface area contributed by atoms with E-state index in [0.29, 0.717) is 0 Å². The summed E-state index contributed by atoms with van der Waals surface area (Å²) < 4.78 is 10.9. The largest absolute Gasteiger partial charge is 0.464 e. The van der Waals surface area contributed by atoms with Crippen molar-refractivity contribution in [2.75, 3.05) is 6.54 Å². The van der Waals surface area contributed by atoms with Crippen LogP contribution < -0.4 is 5.32 Å². The van der Waals surface area contributed by atoms with Gasteiger partial charge in [0.1, 0.15) is 17.3 Å². The van der Waals surface area contributed by atoms with Crippen LogP contribution in [0.2, 0.25) is 0 Å². The van der Waals surface area contributed by atoms with Gasteiger partial charge in [-0.25, -0.2) is 0 Å². The summed E-state index contributed by atoms with van der Waals surface area (Å²) >= 11 is 0. The Labute approximate surface area is 120 Å². The highest BCUT2D eigenvalue weighted by molar-refractivity contribution is 5.20. The molecule has 110 valence electrons. The molecule has 0 aromatic carbocycles. The standard InChI is InChI=1S/C16H24N2O2/c1-5-14-8-9-16(19-14)12(3)17-10-6-7-15-11(2)18-20-13(15)4/h8-9,12,17H,5-7,10H2,1-4H3/t12-/m1/s1. The van der Waals surface area contributed by atoms with Gasteiger partial charge in [0.05, 0.1) is 11.7 Å². The number of aryl methyl sites for hydroxylation is 3. The Bertz CT molecular complexity index is 523. The van der Waals surface area contributed by atoms with Crippen LogP contribution in [-0.4, -0.2) is 11.7 Å². The molecule has 2 heterocycles. The third-order valence-electron chi connectivity index (χ3n) is 3.69. The van der Waals surface area contributed by atoms with Crippen molar-refractivity contribution in [3.05, 3.63) is 40.7 Å². The molecule has 0 amide bonds. The van der Waals surface area contributed by atoms with Crippen LogP contribution in [0.15, 0.2) is 21.1 Å². The summed E-state index contributed by atoms with van der Waals surface area (Å²) in [5, 5.41) is 7.47. The fourth-order valence-electron chi connectivity index (χ4n) is 2.36. The molecule has 0 saturated carbocycles. The molecule has 2 aromatic heterocycles. The molecular weight excluding hydrogens is 252 g/mol. The number of hydrogen-bond donors (Lipinski definition) is 1. The molecule has 2 rings (SSSR count). The van der Waals surface area contributed by atoms with Crippen LogP contribution in [0.25, 0.3) is 0 Å². The Hall–Kier alpha value is -1.55. The van der Waals surface area contributed by atoms with Crippen LogP contribution >= 0.6 is 0 Å². The minimum Gasteiger partial charge on any atom is -0.464 e. The summed E-state index contributed by atoms with van der Waals surface area (Å²) in [5.74, 6) is 3.00. The quantitative estimate of drug-likeness (QED) is 0.783. The summed E-state index contributed by atoms with van der Waals surface area (Å²) in [6.45, 7) is 9.16. The van der Waals surface area contributed by atoms with Crippen molar-refractivity contribution in [1.82, 2.24) is 10.5 Å². The van der Waals surface area contributed by atoms with Gasteiger partial charge in [-0.3, -0.25) is 0 Å². The molecule has 1 atom stereocenters. The average Bonchev–Trinajstić information content (AvgIpc) is 3.03. The van der Waals surface area contributed by atoms with Gasteiger partial charge in [0.25, 0.3) is 0 Å². The first-order valence-corrected chi connectivity index (χ1v) is 7.35. The smallest absolute Gasteiger partial charge is 0.137 e. The number of aromatic nitrogens is 1. The van der Waals surface area contributed by atoms with Crippen molar-refractivity contribution < 1.29 is 8.94 Å². The molecule has 0 aliphatic rings. The van der Waals surface area contributed by atoms with E-state index in [4.69, 9.17) is 8.94 Å². The lowest BCUT2D eigenvalue weighted by Gasteiger charge is -2.11. The predicted molar refractivity (Wildman–Crippen MR) is 78.8 cm³/mol. The van der Waals surface area contributed by atoms with Gasteiger partial charge >= 0.3 is 0 Å². The lowest BCUT2D eigenvalue weighted by atomic mass is 10.1. The Morgan fingerprint density at radius 3 is 2.70 bits per heavy atom. The zero-order valence-corrected chi connectivity index (χ0v) is 12.8. The second kappa shape index (κ2) is 6.75. The maximum atomic E-state index is 5.75. The third-order valence-corrected chi connectivity index (χ3v) is 3.69. The van der Waals surface area contributed by atoms with E-state index in [0.717, 1.165) is 48.8 Å². The molecule has 2 aromatic rings. The first-order valence-electron chi connectivity index (χ1n) is 7.35. The van der Waals surface area contributed by atoms with Gasteiger partial charge in [0, 0.05) is 12.0 Å². The van der Waals surface area contributed by atoms with E-state index in [9.17, 15) is 0 Å². The topological polar surface area (TPSA) is 51.2 Å². The maximum Gasteiger partial charge on any atom is 0.137 e. The van der Waals surface area contributed by atoms with Gasteiger partial charge in [0.15, 0.2) is 0 Å². The van der Waals surface area contributed by atoms with E-state index >= 15 is 0 Å². The van der Waals surface area contributed by atoms with E-state index in [1.807, 2.05) is 13.8 Å². The van der Waals surface area contributed by atoms with Gasteiger partial charge in [-0.15, -0.1) is 0 Å². The fourth-order valence-corrected chi connectivity index (χ4v) is 2.36. The Morgan fingerprint density at radius 2 is 2.10 bits per heavy atom. The number of hydrogen-bond acceptors (Lipinski definition) is 4. The summed E-state index contributed by atoms with van der Waals surface area (Å²) in [6, 6.07) is 4.36. The van der Waals surface area contributed by atoms with Crippen molar-refractivity contribution in [2.45, 2.75) is 53.0 Å². The van der Waals surface area contributed by atoms with E-state index in [-0.39, 0.29) is 6.04 Å². The van der Waals surface area contributed by atoms with Crippen molar-refractivity contribution in [3.63, 3.8) is 0 Å². The first-order chi connectivity index (χ1) is 9.61. The van der Waals surface area contributed by atoms with Crippen LogP contribution in [0.1, 0.15) is 54.8 Å². The minimum absolute atomic E-state index is 0.250. The highest BCUT2D eigenvalue weighted by atomic mass is 16.5. The van der Waals surface area contributed by atoms with Gasteiger partial charge in [-0.1, -0.05) is 12.1 Å². The molecule has 1 N–H and O–H groups in total. The van der Waals surface area contributed by atoms with E-state index in [1.54, 1.807) is 0 Å². The highest BCUT2D eigenvalue weighted by Crippen LogP contribution is 2.17. The molecule has 4 nitrogen and oxygen atoms in total. The third kappa shape index (κ3) is 3.51. The Kier molecular flexibility index (Phi) is 5.01. The van der Waals surface area contributed by atoms with E-state index < -0.39 is 0 Å². The summed E-state index contributed by atoms with van der Waals surface area (Å²) in [6.07, 6.45) is 3.01. The van der Waals surface area contributed by atoms with E-state index in [1.165, 1.54) is 5.56 Å². The zero-order chi connectivity index (χ0) is 14.5. The molecule has 20 heavy (non-hydrogen) atoms. The van der Waals surface area contributed by atoms with Gasteiger partial charge in [-0.05, 0) is 52.3 Å². The lowest BCUT2D eigenvalue weighted by Crippen LogP contribution is -2.20. The number of nitrogens with one attached hydrogen (secondary N) is 1. The van der Waals surface area contributed by atoms with Crippen molar-refractivity contribution in [2.24, 2.45) is 0 Å². The molecular formula is C16H24N2O2. The van der Waals surface area contributed by atoms with E-state index in [2.05, 4.69) is 36.5 Å². The lowest BCUT2D eigenvalue weighted by molar-refractivity contribution is 0.391. The molecule has 0 radical (unpaired) electrons. The summed E-state index contributed by atoms with van der Waals surface area (Å²) in [4.78, 5) is 0. The van der Waals surface area contributed by atoms with Gasteiger partial charge < -0.3 is 14.3 Å². The molecule has 0 bridgehead atoms. The van der Waals surface area contributed by atoms with Crippen LogP contribution in [0.4, 0.5) is 0 Å². The monoisotopic (exact) mass is 276 g/mol. The van der Waals surface area contributed by atoms with Crippen LogP contribution in [0.5, 0.6) is 0 Å². The zero-order valence-electron chi connectivity index (χ0n) is 12.8. The van der Waals surface area contributed by atoms with Crippen LogP contribution in [-0.2, 0) is 12.8 Å². The summed E-state index contributed by atoms with van der Waals surface area (Å²) in [7, 11) is 0. The highest BCUT2D eigenvalue weighted by Gasteiger charge is 2.11. The fraction of sp³-hybridized carbons (Fsp3) is 0.562. The number of nitrogens with zero attached hydrogens (tertiary/aromatic N) is 1. The number of rotatable bonds is 7. The van der Waals surface area contributed by atoms with Gasteiger partial charge in [-0.2, -0.15) is 0 Å². The van der Waals surface area contributed by atoms with Gasteiger partial charge in [0.2, 0.25) is 0 Å². The minimum atomic E-state index is 0.250. The summed E-state index contributed by atoms with van der Waals surface area (Å²) in [5.41, 5.74) is 2.25. The number of furan rings is 1. The maximum absolute atomic E-state index is 5.75. The van der Waals surface area contributed by atoms with Crippen molar-refractivity contribution >= 4 is 0 Å². The molecule has 4 heteroatoms. The molecule has 0 saturated heterocycles. The average molecular weight is 276 g/mol. The second-order valence-corrected chi connectivity index (χ2v) is 5.24. The first kappa shape index (κ1) is 14.9. The molecule has 0 aliphatic heterocycles. The van der Waals surface area contributed by atoms with Crippen molar-refractivity contribution in [3.8, 4) is 0 Å². The molecule has 0 fully saturated rings.